The Bertz CT molecular complexity index is 499. The van der Waals surface area contributed by atoms with Gasteiger partial charge in [0, 0.05) is 26.2 Å². The van der Waals surface area contributed by atoms with Gasteiger partial charge in [0.05, 0.1) is 11.1 Å². The molecule has 2 atom stereocenters. The minimum absolute atomic E-state index is 0.0264. The average Bonchev–Trinajstić information content (AvgIpc) is 2.81. The van der Waals surface area contributed by atoms with Crippen molar-refractivity contribution in [1.82, 2.24) is 9.47 Å². The Morgan fingerprint density at radius 1 is 1.50 bits per heavy atom. The van der Waals surface area contributed by atoms with Crippen LogP contribution in [0.1, 0.15) is 16.9 Å². The van der Waals surface area contributed by atoms with Gasteiger partial charge in [-0.25, -0.2) is 4.79 Å². The zero-order valence-electron chi connectivity index (χ0n) is 9.71. The minimum atomic E-state index is -1.11. The van der Waals surface area contributed by atoms with Crippen molar-refractivity contribution in [2.24, 2.45) is 7.05 Å². The lowest BCUT2D eigenvalue weighted by Gasteiger charge is -2.21. The van der Waals surface area contributed by atoms with Crippen LogP contribution >= 0.6 is 11.6 Å². The average molecular weight is 273 g/mol. The molecule has 2 N–H and O–H groups in total. The molecule has 1 saturated heterocycles. The van der Waals surface area contributed by atoms with Gasteiger partial charge in [0.2, 0.25) is 0 Å². The lowest BCUT2D eigenvalue weighted by atomic mass is 10.2. The van der Waals surface area contributed by atoms with E-state index in [1.807, 2.05) is 0 Å². The van der Waals surface area contributed by atoms with Crippen LogP contribution in [-0.4, -0.2) is 50.2 Å². The number of aliphatic carboxylic acids is 1. The molecule has 98 valence electrons. The Balaban J connectivity index is 2.28. The number of hydrogen-bond acceptors (Lipinski definition) is 3. The Morgan fingerprint density at radius 3 is 2.67 bits per heavy atom. The molecule has 18 heavy (non-hydrogen) atoms. The smallest absolute Gasteiger partial charge is 0.326 e. The van der Waals surface area contributed by atoms with Crippen LogP contribution in [0.3, 0.4) is 0 Å². The van der Waals surface area contributed by atoms with E-state index in [-0.39, 0.29) is 13.0 Å². The van der Waals surface area contributed by atoms with E-state index in [1.54, 1.807) is 13.2 Å². The molecule has 1 aromatic heterocycles. The number of halogens is 1. The van der Waals surface area contributed by atoms with Crippen molar-refractivity contribution in [3.8, 4) is 0 Å². The summed E-state index contributed by atoms with van der Waals surface area (Å²) in [4.78, 5) is 24.4. The van der Waals surface area contributed by atoms with Gasteiger partial charge in [-0.3, -0.25) is 4.79 Å². The molecule has 6 nitrogen and oxygen atoms in total. The third-order valence-electron chi connectivity index (χ3n) is 3.02. The molecule has 0 radical (unpaired) electrons. The van der Waals surface area contributed by atoms with E-state index in [0.29, 0.717) is 10.7 Å². The molecule has 1 aliphatic heterocycles. The van der Waals surface area contributed by atoms with Crippen LogP contribution in [0.2, 0.25) is 5.02 Å². The standard InChI is InChI=1S/C11H13ClN2O4/c1-13-4-6(12)2-8(13)10(16)14-5-7(15)3-9(14)11(17)18/h2,4,7,9,15H,3,5H2,1H3,(H,17,18)/t7-,9+/m1/s1. The van der Waals surface area contributed by atoms with Crippen LogP contribution in [-0.2, 0) is 11.8 Å². The first-order valence-electron chi connectivity index (χ1n) is 5.44. The number of β-amino-alcohol motifs (C(OH)–C–C–N with tert-alkyl or cyclic N) is 1. The molecule has 1 aliphatic rings. The van der Waals surface area contributed by atoms with Gasteiger partial charge in [-0.15, -0.1) is 0 Å². The fourth-order valence-corrected chi connectivity index (χ4v) is 2.41. The monoisotopic (exact) mass is 272 g/mol. The molecular weight excluding hydrogens is 260 g/mol. The van der Waals surface area contributed by atoms with Gasteiger partial charge in [-0.2, -0.15) is 0 Å². The molecule has 0 saturated carbocycles. The van der Waals surface area contributed by atoms with Crippen LogP contribution in [0.5, 0.6) is 0 Å². The van der Waals surface area contributed by atoms with Gasteiger partial charge in [-0.1, -0.05) is 11.6 Å². The number of carboxylic acid groups (broad SMARTS) is 1. The highest BCUT2D eigenvalue weighted by Gasteiger charge is 2.39. The van der Waals surface area contributed by atoms with Gasteiger partial charge in [-0.05, 0) is 6.07 Å². The van der Waals surface area contributed by atoms with Crippen molar-refractivity contribution < 1.29 is 19.8 Å². The second kappa shape index (κ2) is 4.62. The van der Waals surface area contributed by atoms with Crippen molar-refractivity contribution in [3.05, 3.63) is 23.0 Å². The molecule has 0 spiro atoms. The third-order valence-corrected chi connectivity index (χ3v) is 3.22. The number of amides is 1. The van der Waals surface area contributed by atoms with Gasteiger partial charge < -0.3 is 19.7 Å². The number of rotatable bonds is 2. The van der Waals surface area contributed by atoms with Crippen LogP contribution in [0.25, 0.3) is 0 Å². The van der Waals surface area contributed by atoms with Crippen molar-refractivity contribution in [1.29, 1.82) is 0 Å². The van der Waals surface area contributed by atoms with Crippen LogP contribution in [0, 0.1) is 0 Å². The lowest BCUT2D eigenvalue weighted by Crippen LogP contribution is -2.41. The number of hydrogen-bond donors (Lipinski definition) is 2. The number of nitrogens with zero attached hydrogens (tertiary/aromatic N) is 2. The molecule has 1 fully saturated rings. The summed E-state index contributed by atoms with van der Waals surface area (Å²) >= 11 is 5.79. The molecule has 2 rings (SSSR count). The number of aliphatic hydroxyl groups is 1. The summed E-state index contributed by atoms with van der Waals surface area (Å²) in [6.45, 7) is 0.0264. The fourth-order valence-electron chi connectivity index (χ4n) is 2.16. The Labute approximate surface area is 108 Å². The number of carbonyl (C=O) groups excluding carboxylic acids is 1. The first kappa shape index (κ1) is 12.9. The number of aliphatic hydroxyl groups excluding tert-OH is 1. The first-order chi connectivity index (χ1) is 8.40. The van der Waals surface area contributed by atoms with E-state index in [1.165, 1.54) is 15.5 Å². The third kappa shape index (κ3) is 2.21. The maximum Gasteiger partial charge on any atom is 0.326 e. The summed E-state index contributed by atoms with van der Waals surface area (Å²) in [6, 6.07) is 0.495. The molecule has 7 heteroatoms. The molecule has 1 aromatic rings. The fraction of sp³-hybridized carbons (Fsp3) is 0.455. The quantitative estimate of drug-likeness (QED) is 0.813. The molecule has 2 heterocycles. The lowest BCUT2D eigenvalue weighted by molar-refractivity contribution is -0.141. The summed E-state index contributed by atoms with van der Waals surface area (Å²) < 4.78 is 1.54. The van der Waals surface area contributed by atoms with Gasteiger partial charge in [0.25, 0.3) is 5.91 Å². The highest BCUT2D eigenvalue weighted by Crippen LogP contribution is 2.22. The normalized spacial score (nSPS) is 23.4. The second-order valence-electron chi connectivity index (χ2n) is 4.36. The Morgan fingerprint density at radius 2 is 2.17 bits per heavy atom. The number of aromatic nitrogens is 1. The van der Waals surface area contributed by atoms with E-state index in [4.69, 9.17) is 16.7 Å². The van der Waals surface area contributed by atoms with E-state index in [2.05, 4.69) is 0 Å². The molecule has 0 unspecified atom stereocenters. The van der Waals surface area contributed by atoms with Gasteiger partial charge >= 0.3 is 5.97 Å². The van der Waals surface area contributed by atoms with Crippen molar-refractivity contribution in [2.75, 3.05) is 6.54 Å². The van der Waals surface area contributed by atoms with Gasteiger partial charge in [0.1, 0.15) is 11.7 Å². The predicted octanol–water partition coefficient (Wildman–Crippen LogP) is 0.339. The zero-order chi connectivity index (χ0) is 13.4. The van der Waals surface area contributed by atoms with Crippen LogP contribution in [0.4, 0.5) is 0 Å². The summed E-state index contributed by atoms with van der Waals surface area (Å²) in [5.74, 6) is -1.55. The molecular formula is C11H13ClN2O4. The van der Waals surface area contributed by atoms with E-state index < -0.39 is 24.0 Å². The molecule has 0 bridgehead atoms. The highest BCUT2D eigenvalue weighted by molar-refractivity contribution is 6.31. The van der Waals surface area contributed by atoms with Crippen molar-refractivity contribution in [2.45, 2.75) is 18.6 Å². The zero-order valence-corrected chi connectivity index (χ0v) is 10.5. The number of carbonyl (C=O) groups is 2. The maximum atomic E-state index is 12.2. The van der Waals surface area contributed by atoms with Gasteiger partial charge in [0.15, 0.2) is 0 Å². The van der Waals surface area contributed by atoms with Crippen LogP contribution in [0.15, 0.2) is 12.3 Å². The van der Waals surface area contributed by atoms with Crippen molar-refractivity contribution in [3.63, 3.8) is 0 Å². The largest absolute Gasteiger partial charge is 0.480 e. The SMILES string of the molecule is Cn1cc(Cl)cc1C(=O)N1C[C@H](O)C[C@H]1C(=O)O. The second-order valence-corrected chi connectivity index (χ2v) is 4.79. The number of likely N-dealkylation sites (tertiary alicyclic amines) is 1. The molecule has 0 aliphatic carbocycles. The van der Waals surface area contributed by atoms with E-state index in [0.717, 1.165) is 0 Å². The maximum absolute atomic E-state index is 12.2. The number of carboxylic acids is 1. The Kier molecular flexibility index (Phi) is 3.32. The van der Waals surface area contributed by atoms with E-state index in [9.17, 15) is 14.7 Å². The Hall–Kier alpha value is -1.53. The highest BCUT2D eigenvalue weighted by atomic mass is 35.5. The number of aryl methyl sites for hydroxylation is 1. The summed E-state index contributed by atoms with van der Waals surface area (Å²) in [6.07, 6.45) is 0.821. The van der Waals surface area contributed by atoms with Crippen molar-refractivity contribution >= 4 is 23.5 Å². The summed E-state index contributed by atoms with van der Waals surface area (Å²) in [5, 5.41) is 18.9. The van der Waals surface area contributed by atoms with Crippen LogP contribution < -0.4 is 0 Å². The first-order valence-corrected chi connectivity index (χ1v) is 5.81. The predicted molar refractivity (Wildman–Crippen MR) is 63.5 cm³/mol. The minimum Gasteiger partial charge on any atom is -0.480 e. The molecule has 0 aromatic carbocycles. The summed E-state index contributed by atoms with van der Waals surface area (Å²) in [5.41, 5.74) is 0.306. The summed E-state index contributed by atoms with van der Waals surface area (Å²) in [7, 11) is 1.65. The topological polar surface area (TPSA) is 82.8 Å². The van der Waals surface area contributed by atoms with E-state index >= 15 is 0 Å². The molecule has 1 amide bonds.